The van der Waals surface area contributed by atoms with Gasteiger partial charge in [0.2, 0.25) is 0 Å². The fourth-order valence-corrected chi connectivity index (χ4v) is 5.21. The Hall–Kier alpha value is -2.59. The van der Waals surface area contributed by atoms with E-state index in [1.165, 1.54) is 5.57 Å². The maximum absolute atomic E-state index is 12.6. The molecule has 158 valence electrons. The van der Waals surface area contributed by atoms with Crippen LogP contribution in [0.2, 0.25) is 0 Å². The average Bonchev–Trinajstić information content (AvgIpc) is 2.77. The van der Waals surface area contributed by atoms with Gasteiger partial charge in [-0.3, -0.25) is 0 Å². The lowest BCUT2D eigenvalue weighted by atomic mass is 9.56. The molecule has 0 saturated carbocycles. The standard InChI is InChI=1S/C26H30O4/c1-17-14-18(2)26(16-30-25(27)21-8-6-5-7-9-21)15-29-24(23(17)19(26)3)20-10-12-22(28-4)13-11-20/h5-14,18-19,23-24H,15-16H2,1-4H3/t18?,19?,23-,24?,26+/m0/s1. The number of carbonyl (C=O) groups is 1. The van der Waals surface area contributed by atoms with E-state index in [-0.39, 0.29) is 29.3 Å². The number of fused-ring (bicyclic) bond motifs is 2. The van der Waals surface area contributed by atoms with Crippen LogP contribution < -0.4 is 4.74 Å². The highest BCUT2D eigenvalue weighted by atomic mass is 16.5. The van der Waals surface area contributed by atoms with E-state index in [1.54, 1.807) is 19.2 Å². The largest absolute Gasteiger partial charge is 0.497 e. The minimum atomic E-state index is -0.274. The summed E-state index contributed by atoms with van der Waals surface area (Å²) in [4.78, 5) is 12.6. The second-order valence-corrected chi connectivity index (χ2v) is 8.69. The van der Waals surface area contributed by atoms with Crippen LogP contribution in [0.3, 0.4) is 0 Å². The molecule has 4 rings (SSSR count). The first-order valence-corrected chi connectivity index (χ1v) is 10.6. The molecule has 2 bridgehead atoms. The SMILES string of the molecule is COc1ccc(C2OC[C@@]3(COC(=O)c4ccccc4)C(C)C=C(C)[C@H]2C3C)cc1. The van der Waals surface area contributed by atoms with Gasteiger partial charge in [-0.1, -0.05) is 55.8 Å². The molecule has 5 atom stereocenters. The molecule has 30 heavy (non-hydrogen) atoms. The highest BCUT2D eigenvalue weighted by Gasteiger charge is 2.54. The maximum Gasteiger partial charge on any atom is 0.338 e. The molecule has 0 N–H and O–H groups in total. The molecular formula is C26H30O4. The number of carbonyl (C=O) groups excluding carboxylic acids is 1. The fourth-order valence-electron chi connectivity index (χ4n) is 5.21. The Morgan fingerprint density at radius 3 is 2.47 bits per heavy atom. The van der Waals surface area contributed by atoms with Gasteiger partial charge in [-0.2, -0.15) is 0 Å². The van der Waals surface area contributed by atoms with Crippen molar-refractivity contribution in [1.82, 2.24) is 0 Å². The second kappa shape index (κ2) is 8.27. The average molecular weight is 407 g/mol. The molecule has 3 unspecified atom stereocenters. The molecular weight excluding hydrogens is 376 g/mol. The molecule has 0 radical (unpaired) electrons. The van der Waals surface area contributed by atoms with Gasteiger partial charge in [0.15, 0.2) is 0 Å². The van der Waals surface area contributed by atoms with Crippen LogP contribution in [-0.4, -0.2) is 26.3 Å². The number of allylic oxidation sites excluding steroid dienone is 1. The van der Waals surface area contributed by atoms with E-state index in [4.69, 9.17) is 14.2 Å². The van der Waals surface area contributed by atoms with Crippen LogP contribution in [-0.2, 0) is 9.47 Å². The molecule has 1 heterocycles. The lowest BCUT2D eigenvalue weighted by Gasteiger charge is -2.55. The zero-order chi connectivity index (χ0) is 21.3. The van der Waals surface area contributed by atoms with E-state index in [2.05, 4.69) is 39.0 Å². The van der Waals surface area contributed by atoms with Gasteiger partial charge in [0, 0.05) is 11.3 Å². The molecule has 1 aliphatic carbocycles. The molecule has 2 aliphatic rings. The van der Waals surface area contributed by atoms with Gasteiger partial charge in [-0.25, -0.2) is 4.79 Å². The van der Waals surface area contributed by atoms with E-state index in [0.29, 0.717) is 24.7 Å². The van der Waals surface area contributed by atoms with Gasteiger partial charge in [0.05, 0.1) is 25.4 Å². The summed E-state index contributed by atoms with van der Waals surface area (Å²) in [5, 5.41) is 0. The number of benzene rings is 2. The summed E-state index contributed by atoms with van der Waals surface area (Å²) in [7, 11) is 1.68. The minimum absolute atomic E-state index is 0.00685. The molecule has 1 saturated heterocycles. The molecule has 1 aliphatic heterocycles. The first-order chi connectivity index (χ1) is 14.5. The van der Waals surface area contributed by atoms with Crippen molar-refractivity contribution >= 4 is 5.97 Å². The highest BCUT2D eigenvalue weighted by molar-refractivity contribution is 5.89. The van der Waals surface area contributed by atoms with Crippen LogP contribution >= 0.6 is 0 Å². The summed E-state index contributed by atoms with van der Waals surface area (Å²) in [5.74, 6) is 1.41. The lowest BCUT2D eigenvalue weighted by Crippen LogP contribution is -2.54. The molecule has 0 spiro atoms. The molecule has 4 nitrogen and oxygen atoms in total. The topological polar surface area (TPSA) is 44.8 Å². The van der Waals surface area contributed by atoms with Crippen molar-refractivity contribution in [3.05, 3.63) is 77.4 Å². The van der Waals surface area contributed by atoms with Crippen molar-refractivity contribution in [2.24, 2.45) is 23.2 Å². The van der Waals surface area contributed by atoms with Crippen molar-refractivity contribution in [3.8, 4) is 5.75 Å². The lowest BCUT2D eigenvalue weighted by molar-refractivity contribution is -0.166. The Morgan fingerprint density at radius 2 is 1.80 bits per heavy atom. The quantitative estimate of drug-likeness (QED) is 0.489. The number of rotatable bonds is 5. The number of hydrogen-bond donors (Lipinski definition) is 0. The van der Waals surface area contributed by atoms with E-state index >= 15 is 0 Å². The van der Waals surface area contributed by atoms with Gasteiger partial charge in [0.1, 0.15) is 12.4 Å². The van der Waals surface area contributed by atoms with Gasteiger partial charge in [-0.05, 0) is 48.6 Å². The zero-order valence-corrected chi connectivity index (χ0v) is 18.1. The second-order valence-electron chi connectivity index (χ2n) is 8.69. The Balaban J connectivity index is 1.57. The smallest absolute Gasteiger partial charge is 0.338 e. The predicted octanol–water partition coefficient (Wildman–Crippen LogP) is 5.46. The Morgan fingerprint density at radius 1 is 1.10 bits per heavy atom. The third-order valence-electron chi connectivity index (χ3n) is 7.17. The third-order valence-corrected chi connectivity index (χ3v) is 7.17. The number of ether oxygens (including phenoxy) is 3. The van der Waals surface area contributed by atoms with Crippen LogP contribution in [0.15, 0.2) is 66.2 Å². The minimum Gasteiger partial charge on any atom is -0.497 e. The van der Waals surface area contributed by atoms with Gasteiger partial charge >= 0.3 is 5.97 Å². The summed E-state index contributed by atoms with van der Waals surface area (Å²) < 4.78 is 17.6. The van der Waals surface area contributed by atoms with Gasteiger partial charge in [0.25, 0.3) is 0 Å². The number of methoxy groups -OCH3 is 1. The Kier molecular flexibility index (Phi) is 5.70. The zero-order valence-electron chi connectivity index (χ0n) is 18.1. The molecule has 2 aromatic rings. The maximum atomic E-state index is 12.6. The summed E-state index contributed by atoms with van der Waals surface area (Å²) in [6.45, 7) is 7.62. The summed E-state index contributed by atoms with van der Waals surface area (Å²) in [6, 6.07) is 17.3. The molecule has 0 amide bonds. The third kappa shape index (κ3) is 3.54. The monoisotopic (exact) mass is 406 g/mol. The summed E-state index contributed by atoms with van der Waals surface area (Å²) in [5.41, 5.74) is 2.86. The van der Waals surface area contributed by atoms with Crippen LogP contribution in [0.5, 0.6) is 5.75 Å². The molecule has 1 fully saturated rings. The van der Waals surface area contributed by atoms with Gasteiger partial charge < -0.3 is 14.2 Å². The van der Waals surface area contributed by atoms with Crippen LogP contribution in [0.1, 0.15) is 42.8 Å². The highest BCUT2D eigenvalue weighted by Crippen LogP contribution is 2.56. The van der Waals surface area contributed by atoms with Crippen molar-refractivity contribution in [3.63, 3.8) is 0 Å². The number of hydrogen-bond acceptors (Lipinski definition) is 4. The summed E-state index contributed by atoms with van der Waals surface area (Å²) in [6.07, 6.45) is 2.34. The van der Waals surface area contributed by atoms with Crippen molar-refractivity contribution < 1.29 is 19.0 Å². The Labute approximate surface area is 178 Å². The van der Waals surface area contributed by atoms with E-state index in [9.17, 15) is 4.79 Å². The van der Waals surface area contributed by atoms with E-state index in [1.807, 2.05) is 30.3 Å². The van der Waals surface area contributed by atoms with Crippen molar-refractivity contribution in [1.29, 1.82) is 0 Å². The Bertz CT molecular complexity index is 918. The predicted molar refractivity (Wildman–Crippen MR) is 116 cm³/mol. The molecule has 2 aromatic carbocycles. The summed E-state index contributed by atoms with van der Waals surface area (Å²) >= 11 is 0. The van der Waals surface area contributed by atoms with Crippen molar-refractivity contribution in [2.75, 3.05) is 20.3 Å². The van der Waals surface area contributed by atoms with E-state index in [0.717, 1.165) is 11.3 Å². The van der Waals surface area contributed by atoms with Crippen LogP contribution in [0.25, 0.3) is 0 Å². The molecule has 0 aromatic heterocycles. The first kappa shape index (κ1) is 20.7. The number of esters is 1. The van der Waals surface area contributed by atoms with Crippen LogP contribution in [0.4, 0.5) is 0 Å². The van der Waals surface area contributed by atoms with Gasteiger partial charge in [-0.15, -0.1) is 0 Å². The molecule has 4 heteroatoms. The van der Waals surface area contributed by atoms with Crippen molar-refractivity contribution in [2.45, 2.75) is 26.9 Å². The first-order valence-electron chi connectivity index (χ1n) is 10.6. The fraction of sp³-hybridized carbons (Fsp3) is 0.423. The van der Waals surface area contributed by atoms with E-state index < -0.39 is 0 Å². The van der Waals surface area contributed by atoms with Crippen LogP contribution in [0, 0.1) is 23.2 Å². The normalized spacial score (nSPS) is 30.3.